The van der Waals surface area contributed by atoms with Crippen molar-refractivity contribution >= 4 is 38.7 Å². The standard InChI is InChI=1S/C13H14BrN3O/c1-18-9-3-4-10(14)13(7-9)17-8-2-5-11(15)12(16)6-8/h2-7,17H,15-16H2,1H3. The molecule has 0 unspecified atom stereocenters. The van der Waals surface area contributed by atoms with Crippen LogP contribution in [0.1, 0.15) is 0 Å². The minimum absolute atomic E-state index is 0.555. The Morgan fingerprint density at radius 1 is 1.06 bits per heavy atom. The van der Waals surface area contributed by atoms with Gasteiger partial charge in [0.1, 0.15) is 5.75 Å². The maximum Gasteiger partial charge on any atom is 0.121 e. The molecule has 2 aromatic carbocycles. The number of rotatable bonds is 3. The molecule has 0 bridgehead atoms. The number of ether oxygens (including phenoxy) is 1. The highest BCUT2D eigenvalue weighted by atomic mass is 79.9. The summed E-state index contributed by atoms with van der Waals surface area (Å²) in [6.07, 6.45) is 0. The van der Waals surface area contributed by atoms with E-state index in [4.69, 9.17) is 16.2 Å². The number of nitrogens with two attached hydrogens (primary N) is 2. The molecule has 4 nitrogen and oxygen atoms in total. The molecule has 0 aromatic heterocycles. The fourth-order valence-corrected chi connectivity index (χ4v) is 1.88. The predicted octanol–water partition coefficient (Wildman–Crippen LogP) is 3.37. The molecule has 5 heteroatoms. The third-order valence-corrected chi connectivity index (χ3v) is 3.23. The lowest BCUT2D eigenvalue weighted by molar-refractivity contribution is 0.415. The highest BCUT2D eigenvalue weighted by molar-refractivity contribution is 9.10. The van der Waals surface area contributed by atoms with Crippen molar-refractivity contribution in [2.45, 2.75) is 0 Å². The van der Waals surface area contributed by atoms with Crippen LogP contribution in [0.15, 0.2) is 40.9 Å². The molecule has 18 heavy (non-hydrogen) atoms. The summed E-state index contributed by atoms with van der Waals surface area (Å²) in [6.45, 7) is 0. The Labute approximate surface area is 114 Å². The molecule has 0 aliphatic heterocycles. The molecule has 2 aromatic rings. The van der Waals surface area contributed by atoms with Gasteiger partial charge in [0.05, 0.1) is 24.2 Å². The van der Waals surface area contributed by atoms with E-state index in [1.54, 1.807) is 19.2 Å². The van der Waals surface area contributed by atoms with E-state index in [1.807, 2.05) is 24.3 Å². The number of halogens is 1. The number of hydrogen-bond donors (Lipinski definition) is 3. The van der Waals surface area contributed by atoms with Crippen LogP contribution in [0.3, 0.4) is 0 Å². The van der Waals surface area contributed by atoms with E-state index in [0.29, 0.717) is 11.4 Å². The number of nitrogens with one attached hydrogen (secondary N) is 1. The van der Waals surface area contributed by atoms with Crippen LogP contribution in [-0.4, -0.2) is 7.11 Å². The number of nitrogen functional groups attached to an aromatic ring is 2. The molecule has 0 spiro atoms. The zero-order valence-electron chi connectivity index (χ0n) is 9.91. The lowest BCUT2D eigenvalue weighted by atomic mass is 10.2. The van der Waals surface area contributed by atoms with Crippen LogP contribution in [0.25, 0.3) is 0 Å². The van der Waals surface area contributed by atoms with Crippen LogP contribution in [0.4, 0.5) is 22.7 Å². The maximum atomic E-state index is 5.77. The zero-order chi connectivity index (χ0) is 13.1. The summed E-state index contributed by atoms with van der Waals surface area (Å²) in [5.41, 5.74) is 14.3. The average Bonchev–Trinajstić information content (AvgIpc) is 2.36. The van der Waals surface area contributed by atoms with Crippen molar-refractivity contribution < 1.29 is 4.74 Å². The Bertz CT molecular complexity index is 572. The van der Waals surface area contributed by atoms with E-state index in [2.05, 4.69) is 21.2 Å². The molecule has 0 saturated heterocycles. The highest BCUT2D eigenvalue weighted by Gasteiger charge is 2.04. The van der Waals surface area contributed by atoms with Crippen molar-refractivity contribution in [3.8, 4) is 5.75 Å². The molecule has 0 aliphatic rings. The lowest BCUT2D eigenvalue weighted by Crippen LogP contribution is -1.97. The molecular weight excluding hydrogens is 294 g/mol. The van der Waals surface area contributed by atoms with Gasteiger partial charge in [0.15, 0.2) is 0 Å². The van der Waals surface area contributed by atoms with E-state index in [1.165, 1.54) is 0 Å². The Morgan fingerprint density at radius 2 is 1.83 bits per heavy atom. The van der Waals surface area contributed by atoms with E-state index in [0.717, 1.165) is 21.6 Å². The van der Waals surface area contributed by atoms with Gasteiger partial charge in [-0.2, -0.15) is 0 Å². The van der Waals surface area contributed by atoms with Crippen molar-refractivity contribution in [1.29, 1.82) is 0 Å². The van der Waals surface area contributed by atoms with Gasteiger partial charge < -0.3 is 21.5 Å². The fraction of sp³-hybridized carbons (Fsp3) is 0.0769. The van der Waals surface area contributed by atoms with Gasteiger partial charge in [0.2, 0.25) is 0 Å². The van der Waals surface area contributed by atoms with Crippen molar-refractivity contribution in [2.75, 3.05) is 23.9 Å². The molecule has 0 fully saturated rings. The number of anilines is 4. The van der Waals surface area contributed by atoms with E-state index < -0.39 is 0 Å². The van der Waals surface area contributed by atoms with Crippen molar-refractivity contribution in [3.05, 3.63) is 40.9 Å². The van der Waals surface area contributed by atoms with Crippen LogP contribution in [0.5, 0.6) is 5.75 Å². The molecule has 0 radical (unpaired) electrons. The molecule has 94 valence electrons. The van der Waals surface area contributed by atoms with Crippen LogP contribution < -0.4 is 21.5 Å². The second-order valence-electron chi connectivity index (χ2n) is 3.81. The zero-order valence-corrected chi connectivity index (χ0v) is 11.5. The Hall–Kier alpha value is -1.88. The van der Waals surface area contributed by atoms with Gasteiger partial charge in [-0.25, -0.2) is 0 Å². The Kier molecular flexibility index (Phi) is 3.62. The minimum Gasteiger partial charge on any atom is -0.497 e. The van der Waals surface area contributed by atoms with Crippen molar-refractivity contribution in [1.82, 2.24) is 0 Å². The summed E-state index contributed by atoms with van der Waals surface area (Å²) in [6, 6.07) is 11.1. The third kappa shape index (κ3) is 2.68. The van der Waals surface area contributed by atoms with Crippen LogP contribution >= 0.6 is 15.9 Å². The van der Waals surface area contributed by atoms with E-state index >= 15 is 0 Å². The predicted molar refractivity (Wildman–Crippen MR) is 79.2 cm³/mol. The SMILES string of the molecule is COc1ccc(Br)c(Nc2ccc(N)c(N)c2)c1. The molecule has 0 atom stereocenters. The molecule has 5 N–H and O–H groups in total. The second kappa shape index (κ2) is 5.18. The third-order valence-electron chi connectivity index (χ3n) is 2.54. The van der Waals surface area contributed by atoms with Crippen LogP contribution in [-0.2, 0) is 0 Å². The van der Waals surface area contributed by atoms with Crippen LogP contribution in [0.2, 0.25) is 0 Å². The Morgan fingerprint density at radius 3 is 2.50 bits per heavy atom. The van der Waals surface area contributed by atoms with Gasteiger partial charge in [-0.1, -0.05) is 0 Å². The normalized spacial score (nSPS) is 10.1. The summed E-state index contributed by atoms with van der Waals surface area (Å²) in [7, 11) is 1.63. The molecule has 2 rings (SSSR count). The number of methoxy groups -OCH3 is 1. The monoisotopic (exact) mass is 307 g/mol. The van der Waals surface area contributed by atoms with Gasteiger partial charge in [-0.05, 0) is 46.3 Å². The maximum absolute atomic E-state index is 5.77. The van der Waals surface area contributed by atoms with Crippen molar-refractivity contribution in [2.24, 2.45) is 0 Å². The van der Waals surface area contributed by atoms with E-state index in [-0.39, 0.29) is 0 Å². The summed E-state index contributed by atoms with van der Waals surface area (Å²) in [4.78, 5) is 0. The van der Waals surface area contributed by atoms with Gasteiger partial charge >= 0.3 is 0 Å². The number of hydrogen-bond acceptors (Lipinski definition) is 4. The van der Waals surface area contributed by atoms with Crippen LogP contribution in [0, 0.1) is 0 Å². The molecule has 0 saturated carbocycles. The van der Waals surface area contributed by atoms with Gasteiger partial charge in [0, 0.05) is 16.2 Å². The largest absolute Gasteiger partial charge is 0.497 e. The minimum atomic E-state index is 0.555. The topological polar surface area (TPSA) is 73.3 Å². The number of benzene rings is 2. The Balaban J connectivity index is 2.30. The van der Waals surface area contributed by atoms with Crippen molar-refractivity contribution in [3.63, 3.8) is 0 Å². The first-order valence-electron chi connectivity index (χ1n) is 5.35. The van der Waals surface area contributed by atoms with Gasteiger partial charge in [-0.3, -0.25) is 0 Å². The summed E-state index contributed by atoms with van der Waals surface area (Å²) in [5.74, 6) is 0.782. The first-order chi connectivity index (χ1) is 8.60. The quantitative estimate of drug-likeness (QED) is 0.760. The second-order valence-corrected chi connectivity index (χ2v) is 4.67. The smallest absolute Gasteiger partial charge is 0.121 e. The first kappa shape index (κ1) is 12.6. The van der Waals surface area contributed by atoms with Gasteiger partial charge in [-0.15, -0.1) is 0 Å². The van der Waals surface area contributed by atoms with Gasteiger partial charge in [0.25, 0.3) is 0 Å². The lowest BCUT2D eigenvalue weighted by Gasteiger charge is -2.11. The molecule has 0 amide bonds. The average molecular weight is 308 g/mol. The summed E-state index contributed by atoms with van der Waals surface area (Å²) >= 11 is 3.48. The molecule has 0 aliphatic carbocycles. The molecular formula is C13H14BrN3O. The fourth-order valence-electron chi connectivity index (χ4n) is 1.54. The van der Waals surface area contributed by atoms with E-state index in [9.17, 15) is 0 Å². The molecule has 0 heterocycles. The first-order valence-corrected chi connectivity index (χ1v) is 6.15. The highest BCUT2D eigenvalue weighted by Crippen LogP contribution is 2.31. The summed E-state index contributed by atoms with van der Waals surface area (Å²) in [5, 5.41) is 3.25. The summed E-state index contributed by atoms with van der Waals surface area (Å²) < 4.78 is 6.13.